The van der Waals surface area contributed by atoms with Crippen LogP contribution in [0.3, 0.4) is 0 Å². The summed E-state index contributed by atoms with van der Waals surface area (Å²) < 4.78 is 10.6. The lowest BCUT2D eigenvalue weighted by Crippen LogP contribution is -2.32. The highest BCUT2D eigenvalue weighted by molar-refractivity contribution is 5.91. The number of rotatable bonds is 6. The molecule has 6 heteroatoms. The molecule has 22 heavy (non-hydrogen) atoms. The van der Waals surface area contributed by atoms with E-state index in [2.05, 4.69) is 10.6 Å². The van der Waals surface area contributed by atoms with Gasteiger partial charge >= 0.3 is 6.03 Å². The van der Waals surface area contributed by atoms with Gasteiger partial charge in [-0.3, -0.25) is 0 Å². The van der Waals surface area contributed by atoms with E-state index in [0.29, 0.717) is 23.8 Å². The standard InChI is InChI=1S/C16H20N2O4/c1-3-21-15-9-11(2)6-7-12(15)18-16(20)17-10-13(19)14-5-4-8-22-14/h4-9,13,19H,3,10H2,1-2H3,(H2,17,18,20). The molecule has 118 valence electrons. The second kappa shape index (κ2) is 7.51. The largest absolute Gasteiger partial charge is 0.492 e. The van der Waals surface area contributed by atoms with Gasteiger partial charge in [0, 0.05) is 0 Å². The molecule has 3 N–H and O–H groups in total. The third kappa shape index (κ3) is 4.26. The highest BCUT2D eigenvalue weighted by Gasteiger charge is 2.13. The van der Waals surface area contributed by atoms with Gasteiger partial charge in [0.25, 0.3) is 0 Å². The van der Waals surface area contributed by atoms with E-state index < -0.39 is 12.1 Å². The summed E-state index contributed by atoms with van der Waals surface area (Å²) in [6.45, 7) is 4.39. The number of carbonyl (C=O) groups excluding carboxylic acids is 1. The maximum atomic E-state index is 11.9. The van der Waals surface area contributed by atoms with Crippen LogP contribution in [0.5, 0.6) is 5.75 Å². The van der Waals surface area contributed by atoms with Crippen molar-refractivity contribution in [2.75, 3.05) is 18.5 Å². The van der Waals surface area contributed by atoms with E-state index in [1.165, 1.54) is 6.26 Å². The van der Waals surface area contributed by atoms with E-state index in [9.17, 15) is 9.90 Å². The van der Waals surface area contributed by atoms with Gasteiger partial charge in [-0.25, -0.2) is 4.79 Å². The molecule has 0 bridgehead atoms. The Morgan fingerprint density at radius 1 is 1.41 bits per heavy atom. The molecule has 1 atom stereocenters. The molecule has 0 aliphatic rings. The van der Waals surface area contributed by atoms with E-state index in [0.717, 1.165) is 5.56 Å². The molecule has 0 saturated carbocycles. The van der Waals surface area contributed by atoms with Gasteiger partial charge in [-0.2, -0.15) is 0 Å². The molecule has 0 fully saturated rings. The predicted octanol–water partition coefficient (Wildman–Crippen LogP) is 2.84. The van der Waals surface area contributed by atoms with Crippen molar-refractivity contribution < 1.29 is 19.1 Å². The first-order valence-corrected chi connectivity index (χ1v) is 7.10. The van der Waals surface area contributed by atoms with Crippen LogP contribution in [0, 0.1) is 6.92 Å². The van der Waals surface area contributed by atoms with Crippen LogP contribution < -0.4 is 15.4 Å². The van der Waals surface area contributed by atoms with Crippen molar-refractivity contribution >= 4 is 11.7 Å². The summed E-state index contributed by atoms with van der Waals surface area (Å²) in [7, 11) is 0. The van der Waals surface area contributed by atoms with Crippen molar-refractivity contribution in [2.24, 2.45) is 0 Å². The van der Waals surface area contributed by atoms with Crippen LogP contribution in [0.2, 0.25) is 0 Å². The van der Waals surface area contributed by atoms with E-state index in [1.807, 2.05) is 26.0 Å². The molecule has 2 amide bonds. The van der Waals surface area contributed by atoms with Crippen LogP contribution in [-0.2, 0) is 0 Å². The van der Waals surface area contributed by atoms with Crippen LogP contribution in [0.1, 0.15) is 24.4 Å². The maximum absolute atomic E-state index is 11.9. The molecule has 1 aromatic heterocycles. The summed E-state index contributed by atoms with van der Waals surface area (Å²) in [5.74, 6) is 1.02. The van der Waals surface area contributed by atoms with Crippen LogP contribution >= 0.6 is 0 Å². The van der Waals surface area contributed by atoms with Gasteiger partial charge in [0.2, 0.25) is 0 Å². The summed E-state index contributed by atoms with van der Waals surface area (Å²) in [6, 6.07) is 8.43. The summed E-state index contributed by atoms with van der Waals surface area (Å²) in [6.07, 6.45) is 0.587. The summed E-state index contributed by atoms with van der Waals surface area (Å²) in [5.41, 5.74) is 1.63. The number of aliphatic hydroxyl groups excluding tert-OH is 1. The third-order valence-electron chi connectivity index (χ3n) is 3.01. The number of carbonyl (C=O) groups is 1. The molecule has 6 nitrogen and oxygen atoms in total. The Morgan fingerprint density at radius 2 is 2.23 bits per heavy atom. The minimum Gasteiger partial charge on any atom is -0.492 e. The molecule has 2 aromatic rings. The van der Waals surface area contributed by atoms with Gasteiger partial charge in [-0.1, -0.05) is 6.07 Å². The fourth-order valence-electron chi connectivity index (χ4n) is 1.95. The zero-order valence-electron chi connectivity index (χ0n) is 12.6. The number of anilines is 1. The number of hydrogen-bond acceptors (Lipinski definition) is 4. The molecule has 0 spiro atoms. The zero-order valence-corrected chi connectivity index (χ0v) is 12.6. The van der Waals surface area contributed by atoms with Crippen LogP contribution in [0.4, 0.5) is 10.5 Å². The Balaban J connectivity index is 1.92. The Kier molecular flexibility index (Phi) is 5.43. The molecule has 1 heterocycles. The van der Waals surface area contributed by atoms with Crippen molar-refractivity contribution in [1.29, 1.82) is 0 Å². The smallest absolute Gasteiger partial charge is 0.319 e. The molecule has 0 aliphatic heterocycles. The van der Waals surface area contributed by atoms with E-state index in [-0.39, 0.29) is 6.54 Å². The number of furan rings is 1. The van der Waals surface area contributed by atoms with Crippen LogP contribution in [0.25, 0.3) is 0 Å². The first-order chi connectivity index (χ1) is 10.6. The number of nitrogens with one attached hydrogen (secondary N) is 2. The average Bonchev–Trinajstić information content (AvgIpc) is 3.02. The quantitative estimate of drug-likeness (QED) is 0.766. The Hall–Kier alpha value is -2.47. The lowest BCUT2D eigenvalue weighted by molar-refractivity contribution is 0.149. The third-order valence-corrected chi connectivity index (χ3v) is 3.01. The second-order valence-corrected chi connectivity index (χ2v) is 4.80. The Labute approximate surface area is 129 Å². The second-order valence-electron chi connectivity index (χ2n) is 4.80. The molecule has 1 unspecified atom stereocenters. The first-order valence-electron chi connectivity index (χ1n) is 7.10. The van der Waals surface area contributed by atoms with Crippen LogP contribution in [0.15, 0.2) is 41.0 Å². The average molecular weight is 304 g/mol. The minimum absolute atomic E-state index is 0.0508. The van der Waals surface area contributed by atoms with Gasteiger partial charge in [0.05, 0.1) is 25.1 Å². The zero-order chi connectivity index (χ0) is 15.9. The van der Waals surface area contributed by atoms with Crippen molar-refractivity contribution in [1.82, 2.24) is 5.32 Å². The molecular weight excluding hydrogens is 284 g/mol. The number of aliphatic hydroxyl groups is 1. The lowest BCUT2D eigenvalue weighted by atomic mass is 10.2. The SMILES string of the molecule is CCOc1cc(C)ccc1NC(=O)NCC(O)c1ccco1. The fraction of sp³-hybridized carbons (Fsp3) is 0.312. The fourth-order valence-corrected chi connectivity index (χ4v) is 1.95. The van der Waals surface area contributed by atoms with Crippen molar-refractivity contribution in [3.05, 3.63) is 47.9 Å². The van der Waals surface area contributed by atoms with Gasteiger partial charge in [0.1, 0.15) is 17.6 Å². The van der Waals surface area contributed by atoms with Gasteiger partial charge < -0.3 is 24.9 Å². The monoisotopic (exact) mass is 304 g/mol. The molecule has 1 aromatic carbocycles. The summed E-state index contributed by atoms with van der Waals surface area (Å²) >= 11 is 0. The van der Waals surface area contributed by atoms with Crippen LogP contribution in [-0.4, -0.2) is 24.3 Å². The first kappa shape index (κ1) is 15.9. The van der Waals surface area contributed by atoms with Gasteiger partial charge in [-0.05, 0) is 43.7 Å². The summed E-state index contributed by atoms with van der Waals surface area (Å²) in [5, 5.41) is 15.1. The lowest BCUT2D eigenvalue weighted by Gasteiger charge is -2.14. The molecule has 0 radical (unpaired) electrons. The number of urea groups is 1. The summed E-state index contributed by atoms with van der Waals surface area (Å²) in [4.78, 5) is 11.9. The van der Waals surface area contributed by atoms with Crippen molar-refractivity contribution in [3.8, 4) is 5.75 Å². The Morgan fingerprint density at radius 3 is 2.91 bits per heavy atom. The predicted molar refractivity (Wildman–Crippen MR) is 83.0 cm³/mol. The Bertz CT molecular complexity index is 611. The van der Waals surface area contributed by atoms with E-state index in [1.54, 1.807) is 18.2 Å². The molecule has 0 aliphatic carbocycles. The van der Waals surface area contributed by atoms with Crippen molar-refractivity contribution in [2.45, 2.75) is 20.0 Å². The van der Waals surface area contributed by atoms with Gasteiger partial charge in [-0.15, -0.1) is 0 Å². The molecule has 0 saturated heterocycles. The molecule has 2 rings (SSSR count). The highest BCUT2D eigenvalue weighted by Crippen LogP contribution is 2.25. The maximum Gasteiger partial charge on any atom is 0.319 e. The van der Waals surface area contributed by atoms with E-state index >= 15 is 0 Å². The number of ether oxygens (including phenoxy) is 1. The highest BCUT2D eigenvalue weighted by atomic mass is 16.5. The molecular formula is C16H20N2O4. The normalized spacial score (nSPS) is 11.8. The van der Waals surface area contributed by atoms with E-state index in [4.69, 9.17) is 9.15 Å². The topological polar surface area (TPSA) is 83.7 Å². The van der Waals surface area contributed by atoms with Crippen molar-refractivity contribution in [3.63, 3.8) is 0 Å². The number of aryl methyl sites for hydroxylation is 1. The minimum atomic E-state index is -0.884. The van der Waals surface area contributed by atoms with Gasteiger partial charge in [0.15, 0.2) is 0 Å². The number of benzene rings is 1. The number of amides is 2. The number of hydrogen-bond donors (Lipinski definition) is 3.